The van der Waals surface area contributed by atoms with Gasteiger partial charge >= 0.3 is 0 Å². The highest BCUT2D eigenvalue weighted by molar-refractivity contribution is 5.33. The number of non-ortho nitro benzene ring substituents is 1. The van der Waals surface area contributed by atoms with Gasteiger partial charge in [-0.05, 0) is 24.7 Å². The second kappa shape index (κ2) is 6.10. The molecule has 0 amide bonds. The third-order valence-electron chi connectivity index (χ3n) is 3.52. The number of β-amino-alcohol motifs (C(OH)–C–C–N with tert-alkyl or cyclic N) is 1. The lowest BCUT2D eigenvalue weighted by molar-refractivity contribution is -0.384. The summed E-state index contributed by atoms with van der Waals surface area (Å²) in [5.41, 5.74) is 0.778. The lowest BCUT2D eigenvalue weighted by atomic mass is 10.1. The molecule has 1 aliphatic heterocycles. The van der Waals surface area contributed by atoms with Gasteiger partial charge in [-0.25, -0.2) is 0 Å². The molecule has 0 bridgehead atoms. The van der Waals surface area contributed by atoms with Gasteiger partial charge < -0.3 is 10.0 Å². The quantitative estimate of drug-likeness (QED) is 0.646. The van der Waals surface area contributed by atoms with Crippen molar-refractivity contribution < 1.29 is 10.0 Å². The highest BCUT2D eigenvalue weighted by atomic mass is 16.6. The summed E-state index contributed by atoms with van der Waals surface area (Å²) in [4.78, 5) is 14.6. The first-order valence-corrected chi connectivity index (χ1v) is 6.39. The average Bonchev–Trinajstić information content (AvgIpc) is 2.41. The molecule has 1 atom stereocenters. The summed E-state index contributed by atoms with van der Waals surface area (Å²) in [5.74, 6) is 0. The molecule has 1 saturated heterocycles. The SMILES string of the molecule is CN1CCN(C[C@@H](O)c2ccc([N+](=O)[O-])cc2)CC1. The second-order valence-corrected chi connectivity index (χ2v) is 4.97. The van der Waals surface area contributed by atoms with Gasteiger partial charge in [-0.15, -0.1) is 0 Å². The van der Waals surface area contributed by atoms with Crippen LogP contribution < -0.4 is 0 Å². The van der Waals surface area contributed by atoms with E-state index in [9.17, 15) is 15.2 Å². The van der Waals surface area contributed by atoms with Gasteiger partial charge in [0.1, 0.15) is 0 Å². The van der Waals surface area contributed by atoms with E-state index >= 15 is 0 Å². The first kappa shape index (κ1) is 13.9. The summed E-state index contributed by atoms with van der Waals surface area (Å²) in [6, 6.07) is 6.11. The van der Waals surface area contributed by atoms with E-state index in [2.05, 4.69) is 16.8 Å². The monoisotopic (exact) mass is 265 g/mol. The normalized spacial score (nSPS) is 19.3. The second-order valence-electron chi connectivity index (χ2n) is 4.97. The Morgan fingerprint density at radius 3 is 2.37 bits per heavy atom. The van der Waals surface area contributed by atoms with Crippen molar-refractivity contribution in [2.75, 3.05) is 39.8 Å². The molecule has 1 fully saturated rings. The number of likely N-dealkylation sites (N-methyl/N-ethyl adjacent to an activating group) is 1. The highest BCUT2D eigenvalue weighted by Gasteiger charge is 2.18. The van der Waals surface area contributed by atoms with Crippen LogP contribution >= 0.6 is 0 Å². The largest absolute Gasteiger partial charge is 0.387 e. The van der Waals surface area contributed by atoms with Crippen molar-refractivity contribution in [3.05, 3.63) is 39.9 Å². The molecule has 1 aromatic rings. The fraction of sp³-hybridized carbons (Fsp3) is 0.538. The molecule has 1 aliphatic rings. The predicted molar refractivity (Wildman–Crippen MR) is 72.0 cm³/mol. The molecule has 1 N–H and O–H groups in total. The molecule has 0 spiro atoms. The molecule has 1 aromatic carbocycles. The Hall–Kier alpha value is -1.50. The van der Waals surface area contributed by atoms with Crippen molar-refractivity contribution in [1.82, 2.24) is 9.80 Å². The Morgan fingerprint density at radius 2 is 1.84 bits per heavy atom. The van der Waals surface area contributed by atoms with Crippen LogP contribution in [0.4, 0.5) is 5.69 Å². The molecule has 0 aromatic heterocycles. The first-order chi connectivity index (χ1) is 9.06. The first-order valence-electron chi connectivity index (χ1n) is 6.39. The lowest BCUT2D eigenvalue weighted by Gasteiger charge is -2.33. The summed E-state index contributed by atoms with van der Waals surface area (Å²) in [6.07, 6.45) is -0.593. The number of hydrogen-bond acceptors (Lipinski definition) is 5. The Kier molecular flexibility index (Phi) is 4.47. The van der Waals surface area contributed by atoms with Gasteiger partial charge in [-0.2, -0.15) is 0 Å². The molecule has 0 radical (unpaired) electrons. The zero-order chi connectivity index (χ0) is 13.8. The van der Waals surface area contributed by atoms with Gasteiger partial charge in [0.15, 0.2) is 0 Å². The van der Waals surface area contributed by atoms with Gasteiger partial charge in [0, 0.05) is 44.9 Å². The fourth-order valence-electron chi connectivity index (χ4n) is 2.20. The smallest absolute Gasteiger partial charge is 0.269 e. The summed E-state index contributed by atoms with van der Waals surface area (Å²) in [6.45, 7) is 4.48. The maximum Gasteiger partial charge on any atom is 0.269 e. The maximum absolute atomic E-state index is 10.6. The number of nitro benzene ring substituents is 1. The van der Waals surface area contributed by atoms with E-state index in [-0.39, 0.29) is 5.69 Å². The zero-order valence-electron chi connectivity index (χ0n) is 11.0. The van der Waals surface area contributed by atoms with Gasteiger partial charge in [-0.1, -0.05) is 0 Å². The van der Waals surface area contributed by atoms with Crippen molar-refractivity contribution in [2.45, 2.75) is 6.10 Å². The molecule has 1 heterocycles. The van der Waals surface area contributed by atoms with Crippen molar-refractivity contribution >= 4 is 5.69 Å². The molecular formula is C13H19N3O3. The standard InChI is InChI=1S/C13H19N3O3/c1-14-6-8-15(9-7-14)10-13(17)11-2-4-12(5-3-11)16(18)19/h2-5,13,17H,6-10H2,1H3/t13-/m1/s1. The number of aliphatic hydroxyl groups excluding tert-OH is 1. The molecule has 6 heteroatoms. The molecular weight excluding hydrogens is 246 g/mol. The van der Waals surface area contributed by atoms with E-state index in [0.717, 1.165) is 31.7 Å². The predicted octanol–water partition coefficient (Wildman–Crippen LogP) is 0.876. The average molecular weight is 265 g/mol. The number of rotatable bonds is 4. The topological polar surface area (TPSA) is 69.8 Å². The van der Waals surface area contributed by atoms with Crippen LogP contribution in [-0.2, 0) is 0 Å². The van der Waals surface area contributed by atoms with E-state index in [1.807, 2.05) is 0 Å². The van der Waals surface area contributed by atoms with Crippen molar-refractivity contribution in [1.29, 1.82) is 0 Å². The van der Waals surface area contributed by atoms with Crippen molar-refractivity contribution in [3.63, 3.8) is 0 Å². The number of hydrogen-bond donors (Lipinski definition) is 1. The summed E-state index contributed by atoms with van der Waals surface area (Å²) in [5, 5.41) is 20.7. The third kappa shape index (κ3) is 3.73. The minimum absolute atomic E-state index is 0.0514. The minimum atomic E-state index is -0.593. The van der Waals surface area contributed by atoms with E-state index in [0.29, 0.717) is 6.54 Å². The number of nitro groups is 1. The molecule has 0 unspecified atom stereocenters. The fourth-order valence-corrected chi connectivity index (χ4v) is 2.20. The molecule has 0 saturated carbocycles. The number of aliphatic hydroxyl groups is 1. The zero-order valence-corrected chi connectivity index (χ0v) is 11.0. The van der Waals surface area contributed by atoms with Crippen LogP contribution in [-0.4, -0.2) is 59.6 Å². The van der Waals surface area contributed by atoms with E-state index in [1.165, 1.54) is 12.1 Å². The Bertz CT molecular complexity index is 427. The van der Waals surface area contributed by atoms with Crippen LogP contribution in [0.2, 0.25) is 0 Å². The van der Waals surface area contributed by atoms with Crippen LogP contribution in [0.3, 0.4) is 0 Å². The Balaban J connectivity index is 1.92. The van der Waals surface area contributed by atoms with Crippen molar-refractivity contribution in [3.8, 4) is 0 Å². The number of nitrogens with zero attached hydrogens (tertiary/aromatic N) is 3. The molecule has 104 valence electrons. The lowest BCUT2D eigenvalue weighted by Crippen LogP contribution is -2.45. The maximum atomic E-state index is 10.6. The third-order valence-corrected chi connectivity index (χ3v) is 3.52. The Labute approximate surface area is 112 Å². The Morgan fingerprint density at radius 1 is 1.26 bits per heavy atom. The van der Waals surface area contributed by atoms with Gasteiger partial charge in [0.2, 0.25) is 0 Å². The molecule has 0 aliphatic carbocycles. The van der Waals surface area contributed by atoms with Crippen LogP contribution in [0.1, 0.15) is 11.7 Å². The van der Waals surface area contributed by atoms with Gasteiger partial charge in [0.25, 0.3) is 5.69 Å². The van der Waals surface area contributed by atoms with Crippen LogP contribution in [0.15, 0.2) is 24.3 Å². The molecule has 6 nitrogen and oxygen atoms in total. The van der Waals surface area contributed by atoms with Gasteiger partial charge in [-0.3, -0.25) is 15.0 Å². The van der Waals surface area contributed by atoms with E-state index in [4.69, 9.17) is 0 Å². The van der Waals surface area contributed by atoms with Gasteiger partial charge in [0.05, 0.1) is 11.0 Å². The van der Waals surface area contributed by atoms with Crippen molar-refractivity contribution in [2.24, 2.45) is 0 Å². The minimum Gasteiger partial charge on any atom is -0.387 e. The molecule has 19 heavy (non-hydrogen) atoms. The summed E-state index contributed by atoms with van der Waals surface area (Å²) >= 11 is 0. The summed E-state index contributed by atoms with van der Waals surface area (Å²) in [7, 11) is 2.09. The van der Waals surface area contributed by atoms with E-state index in [1.54, 1.807) is 12.1 Å². The molecule has 2 rings (SSSR count). The van der Waals surface area contributed by atoms with Crippen LogP contribution in [0.5, 0.6) is 0 Å². The van der Waals surface area contributed by atoms with Crippen LogP contribution in [0, 0.1) is 10.1 Å². The summed E-state index contributed by atoms with van der Waals surface area (Å²) < 4.78 is 0. The number of benzene rings is 1. The van der Waals surface area contributed by atoms with Crippen LogP contribution in [0.25, 0.3) is 0 Å². The number of piperazine rings is 1. The van der Waals surface area contributed by atoms with E-state index < -0.39 is 11.0 Å². The highest BCUT2D eigenvalue weighted by Crippen LogP contribution is 2.19.